The molecule has 1 amide bonds. The molecule has 2 aromatic rings. The van der Waals surface area contributed by atoms with Gasteiger partial charge in [-0.05, 0) is 42.8 Å². The summed E-state index contributed by atoms with van der Waals surface area (Å²) in [7, 11) is 0. The standard InChI is InChI=1S/C17H13ClN2O/c1-12-2-4-13(5-3-12)10-14(11-19)17(21)20-16-8-6-15(18)7-9-16/h2-10H,1H3,(H,20,21)/b14-10+. The highest BCUT2D eigenvalue weighted by Gasteiger charge is 2.09. The largest absolute Gasteiger partial charge is 0.321 e. The van der Waals surface area contributed by atoms with Crippen molar-refractivity contribution in [1.82, 2.24) is 0 Å². The number of amides is 1. The lowest BCUT2D eigenvalue weighted by Crippen LogP contribution is -2.13. The van der Waals surface area contributed by atoms with Crippen LogP contribution in [0.3, 0.4) is 0 Å². The van der Waals surface area contributed by atoms with Crippen LogP contribution in [0.25, 0.3) is 6.08 Å². The quantitative estimate of drug-likeness (QED) is 0.682. The summed E-state index contributed by atoms with van der Waals surface area (Å²) >= 11 is 5.78. The first-order valence-electron chi connectivity index (χ1n) is 6.34. The van der Waals surface area contributed by atoms with Gasteiger partial charge < -0.3 is 5.32 Å². The Kier molecular flexibility index (Phi) is 4.76. The molecule has 0 aliphatic rings. The smallest absolute Gasteiger partial charge is 0.266 e. The highest BCUT2D eigenvalue weighted by molar-refractivity contribution is 6.30. The molecule has 21 heavy (non-hydrogen) atoms. The van der Waals surface area contributed by atoms with Crippen LogP contribution in [0.2, 0.25) is 5.02 Å². The van der Waals surface area contributed by atoms with E-state index in [1.165, 1.54) is 0 Å². The maximum Gasteiger partial charge on any atom is 0.266 e. The fourth-order valence-corrected chi connectivity index (χ4v) is 1.84. The monoisotopic (exact) mass is 296 g/mol. The summed E-state index contributed by atoms with van der Waals surface area (Å²) in [5.74, 6) is -0.444. The van der Waals surface area contributed by atoms with E-state index in [-0.39, 0.29) is 5.57 Å². The lowest BCUT2D eigenvalue weighted by Gasteiger charge is -2.04. The Balaban J connectivity index is 2.17. The molecule has 0 aliphatic heterocycles. The van der Waals surface area contributed by atoms with Gasteiger partial charge in [-0.2, -0.15) is 5.26 Å². The first kappa shape index (κ1) is 14.8. The predicted octanol–water partition coefficient (Wildman–Crippen LogP) is 4.19. The number of halogens is 1. The molecule has 4 heteroatoms. The fraction of sp³-hybridized carbons (Fsp3) is 0.0588. The maximum atomic E-state index is 12.1. The predicted molar refractivity (Wildman–Crippen MR) is 84.9 cm³/mol. The molecule has 0 aromatic heterocycles. The van der Waals surface area contributed by atoms with Crippen LogP contribution in [-0.4, -0.2) is 5.91 Å². The average Bonchev–Trinajstić information content (AvgIpc) is 2.49. The molecule has 104 valence electrons. The van der Waals surface area contributed by atoms with Gasteiger partial charge >= 0.3 is 0 Å². The molecule has 0 bridgehead atoms. The van der Waals surface area contributed by atoms with Crippen LogP contribution in [0, 0.1) is 18.3 Å². The number of aryl methyl sites for hydroxylation is 1. The van der Waals surface area contributed by atoms with Crippen molar-refractivity contribution in [2.45, 2.75) is 6.92 Å². The Morgan fingerprint density at radius 3 is 2.33 bits per heavy atom. The Bertz CT molecular complexity index is 710. The van der Waals surface area contributed by atoms with E-state index < -0.39 is 5.91 Å². The van der Waals surface area contributed by atoms with E-state index >= 15 is 0 Å². The molecule has 0 atom stereocenters. The number of anilines is 1. The van der Waals surface area contributed by atoms with Crippen molar-refractivity contribution < 1.29 is 4.79 Å². The molecule has 0 heterocycles. The van der Waals surface area contributed by atoms with Crippen LogP contribution in [0.15, 0.2) is 54.1 Å². The number of hydrogen-bond donors (Lipinski definition) is 1. The summed E-state index contributed by atoms with van der Waals surface area (Å²) < 4.78 is 0. The topological polar surface area (TPSA) is 52.9 Å². The van der Waals surface area contributed by atoms with Crippen molar-refractivity contribution in [2.75, 3.05) is 5.32 Å². The third-order valence-electron chi connectivity index (χ3n) is 2.86. The van der Waals surface area contributed by atoms with Crippen molar-refractivity contribution in [3.8, 4) is 6.07 Å². The van der Waals surface area contributed by atoms with Gasteiger partial charge in [0.2, 0.25) is 0 Å². The molecule has 0 aliphatic carbocycles. The summed E-state index contributed by atoms with van der Waals surface area (Å²) in [6, 6.07) is 16.2. The van der Waals surface area contributed by atoms with Gasteiger partial charge in [0.25, 0.3) is 5.91 Å². The Hall–Kier alpha value is -2.57. The highest BCUT2D eigenvalue weighted by Crippen LogP contribution is 2.15. The molecule has 0 unspecified atom stereocenters. The van der Waals surface area contributed by atoms with Crippen molar-refractivity contribution >= 4 is 29.3 Å². The van der Waals surface area contributed by atoms with Crippen LogP contribution in [-0.2, 0) is 4.79 Å². The van der Waals surface area contributed by atoms with Crippen molar-refractivity contribution in [3.63, 3.8) is 0 Å². The van der Waals surface area contributed by atoms with Gasteiger partial charge in [0.05, 0.1) is 0 Å². The third-order valence-corrected chi connectivity index (χ3v) is 3.11. The molecule has 2 aromatic carbocycles. The Morgan fingerprint density at radius 2 is 1.76 bits per heavy atom. The average molecular weight is 297 g/mol. The second-order valence-corrected chi connectivity index (χ2v) is 4.98. The second kappa shape index (κ2) is 6.74. The molecular formula is C17H13ClN2O. The fourth-order valence-electron chi connectivity index (χ4n) is 1.71. The maximum absolute atomic E-state index is 12.1. The van der Waals surface area contributed by atoms with Gasteiger partial charge in [-0.25, -0.2) is 0 Å². The van der Waals surface area contributed by atoms with Gasteiger partial charge in [-0.1, -0.05) is 41.4 Å². The number of nitriles is 1. The summed E-state index contributed by atoms with van der Waals surface area (Å²) in [5, 5.41) is 12.4. The van der Waals surface area contributed by atoms with E-state index in [4.69, 9.17) is 16.9 Å². The second-order valence-electron chi connectivity index (χ2n) is 4.54. The number of rotatable bonds is 3. The first-order valence-corrected chi connectivity index (χ1v) is 6.71. The summed E-state index contributed by atoms with van der Waals surface area (Å²) in [4.78, 5) is 12.1. The Morgan fingerprint density at radius 1 is 1.14 bits per heavy atom. The van der Waals surface area contributed by atoms with E-state index in [2.05, 4.69) is 5.32 Å². The number of nitrogens with one attached hydrogen (secondary N) is 1. The SMILES string of the molecule is Cc1ccc(/C=C(\C#N)C(=O)Nc2ccc(Cl)cc2)cc1. The molecule has 1 N–H and O–H groups in total. The summed E-state index contributed by atoms with van der Waals surface area (Å²) in [6.07, 6.45) is 1.56. The van der Waals surface area contributed by atoms with Gasteiger partial charge in [-0.15, -0.1) is 0 Å². The number of benzene rings is 2. The van der Waals surface area contributed by atoms with Crippen LogP contribution < -0.4 is 5.32 Å². The van der Waals surface area contributed by atoms with Crippen molar-refractivity contribution in [1.29, 1.82) is 5.26 Å². The van der Waals surface area contributed by atoms with Gasteiger partial charge in [0, 0.05) is 10.7 Å². The first-order chi connectivity index (χ1) is 10.1. The molecule has 0 saturated heterocycles. The molecule has 0 spiro atoms. The molecular weight excluding hydrogens is 284 g/mol. The molecule has 3 nitrogen and oxygen atoms in total. The zero-order valence-corrected chi connectivity index (χ0v) is 12.2. The minimum Gasteiger partial charge on any atom is -0.321 e. The van der Waals surface area contributed by atoms with E-state index in [1.807, 2.05) is 37.3 Å². The van der Waals surface area contributed by atoms with Crippen molar-refractivity contribution in [2.24, 2.45) is 0 Å². The van der Waals surface area contributed by atoms with E-state index in [1.54, 1.807) is 30.3 Å². The molecule has 0 radical (unpaired) electrons. The molecule has 2 rings (SSSR count). The zero-order chi connectivity index (χ0) is 15.2. The van der Waals surface area contributed by atoms with Crippen LogP contribution >= 0.6 is 11.6 Å². The van der Waals surface area contributed by atoms with Crippen molar-refractivity contribution in [3.05, 3.63) is 70.3 Å². The van der Waals surface area contributed by atoms with E-state index in [0.717, 1.165) is 11.1 Å². The van der Waals surface area contributed by atoms with E-state index in [0.29, 0.717) is 10.7 Å². The number of nitrogens with zero attached hydrogens (tertiary/aromatic N) is 1. The minimum absolute atomic E-state index is 0.0498. The molecule has 0 fully saturated rings. The Labute approximate surface area is 128 Å². The van der Waals surface area contributed by atoms with Gasteiger partial charge in [0.1, 0.15) is 11.6 Å². The number of carbonyl (C=O) groups excluding carboxylic acids is 1. The van der Waals surface area contributed by atoms with Gasteiger partial charge in [0.15, 0.2) is 0 Å². The van der Waals surface area contributed by atoms with Crippen LogP contribution in [0.5, 0.6) is 0 Å². The number of hydrogen-bond acceptors (Lipinski definition) is 2. The van der Waals surface area contributed by atoms with Gasteiger partial charge in [-0.3, -0.25) is 4.79 Å². The van der Waals surface area contributed by atoms with Crippen LogP contribution in [0.4, 0.5) is 5.69 Å². The third kappa shape index (κ3) is 4.20. The van der Waals surface area contributed by atoms with E-state index in [9.17, 15) is 4.79 Å². The van der Waals surface area contributed by atoms with Crippen LogP contribution in [0.1, 0.15) is 11.1 Å². The minimum atomic E-state index is -0.444. The summed E-state index contributed by atoms with van der Waals surface area (Å²) in [6.45, 7) is 1.98. The summed E-state index contributed by atoms with van der Waals surface area (Å²) in [5.41, 5.74) is 2.57. The number of carbonyl (C=O) groups is 1. The normalized spacial score (nSPS) is 10.8. The molecule has 0 saturated carbocycles. The zero-order valence-electron chi connectivity index (χ0n) is 11.4. The lowest BCUT2D eigenvalue weighted by molar-refractivity contribution is -0.112. The lowest BCUT2D eigenvalue weighted by atomic mass is 10.1. The highest BCUT2D eigenvalue weighted by atomic mass is 35.5.